The Morgan fingerprint density at radius 1 is 1.00 bits per heavy atom. The van der Waals surface area contributed by atoms with E-state index in [1.54, 1.807) is 24.3 Å². The molecule has 0 heterocycles. The normalized spacial score (nSPS) is 10.1. The first-order valence-electron chi connectivity index (χ1n) is 5.69. The van der Waals surface area contributed by atoms with E-state index < -0.39 is 0 Å². The lowest BCUT2D eigenvalue weighted by Crippen LogP contribution is -2.03. The maximum absolute atomic E-state index is 12.4. The van der Waals surface area contributed by atoms with Crippen LogP contribution < -0.4 is 9.47 Å². The van der Waals surface area contributed by atoms with Crippen molar-refractivity contribution >= 4 is 17.4 Å². The van der Waals surface area contributed by atoms with Gasteiger partial charge in [-0.15, -0.1) is 0 Å². The van der Waals surface area contributed by atoms with Crippen LogP contribution in [0.5, 0.6) is 11.5 Å². The zero-order chi connectivity index (χ0) is 13.8. The fourth-order valence-corrected chi connectivity index (χ4v) is 2.13. The van der Waals surface area contributed by atoms with Crippen molar-refractivity contribution in [2.45, 2.75) is 0 Å². The highest BCUT2D eigenvalue weighted by Crippen LogP contribution is 2.37. The maximum atomic E-state index is 12.4. The molecule has 0 unspecified atom stereocenters. The smallest absolute Gasteiger partial charge is 0.194 e. The van der Waals surface area contributed by atoms with E-state index >= 15 is 0 Å². The third-order valence-corrected chi connectivity index (χ3v) is 3.14. The van der Waals surface area contributed by atoms with E-state index in [4.69, 9.17) is 21.1 Å². The molecule has 2 aromatic rings. The zero-order valence-electron chi connectivity index (χ0n) is 10.6. The van der Waals surface area contributed by atoms with Gasteiger partial charge in [0, 0.05) is 11.1 Å². The van der Waals surface area contributed by atoms with Gasteiger partial charge in [0.05, 0.1) is 19.2 Å². The summed E-state index contributed by atoms with van der Waals surface area (Å²) in [6.07, 6.45) is 0. The van der Waals surface area contributed by atoms with E-state index in [2.05, 4.69) is 0 Å². The largest absolute Gasteiger partial charge is 0.493 e. The Morgan fingerprint density at radius 2 is 1.68 bits per heavy atom. The van der Waals surface area contributed by atoms with Gasteiger partial charge in [-0.05, 0) is 12.1 Å². The molecular formula is C15H13ClO3. The molecule has 0 bridgehead atoms. The minimum Gasteiger partial charge on any atom is -0.493 e. The number of hydrogen-bond donors (Lipinski definition) is 0. The van der Waals surface area contributed by atoms with Gasteiger partial charge in [-0.3, -0.25) is 4.79 Å². The van der Waals surface area contributed by atoms with Crippen LogP contribution >= 0.6 is 11.6 Å². The Kier molecular flexibility index (Phi) is 4.07. The lowest BCUT2D eigenvalue weighted by atomic mass is 10.0. The highest BCUT2D eigenvalue weighted by Gasteiger charge is 2.18. The Balaban J connectivity index is 2.49. The van der Waals surface area contributed by atoms with Crippen molar-refractivity contribution in [2.75, 3.05) is 14.2 Å². The second-order valence-corrected chi connectivity index (χ2v) is 4.24. The number of benzene rings is 2. The highest BCUT2D eigenvalue weighted by molar-refractivity contribution is 6.36. The van der Waals surface area contributed by atoms with Gasteiger partial charge in [0.2, 0.25) is 0 Å². The number of rotatable bonds is 4. The van der Waals surface area contributed by atoms with E-state index in [-0.39, 0.29) is 10.8 Å². The van der Waals surface area contributed by atoms with E-state index in [9.17, 15) is 4.79 Å². The number of ketones is 1. The topological polar surface area (TPSA) is 35.5 Å². The number of ether oxygens (including phenoxy) is 2. The first-order valence-corrected chi connectivity index (χ1v) is 6.07. The van der Waals surface area contributed by atoms with Crippen LogP contribution in [0, 0.1) is 0 Å². The molecule has 2 aromatic carbocycles. The summed E-state index contributed by atoms with van der Waals surface area (Å²) < 4.78 is 10.3. The molecule has 0 aromatic heterocycles. The average Bonchev–Trinajstić information content (AvgIpc) is 2.47. The summed E-state index contributed by atoms with van der Waals surface area (Å²) in [5.74, 6) is 0.717. The van der Waals surface area contributed by atoms with E-state index in [1.807, 2.05) is 18.2 Å². The molecule has 19 heavy (non-hydrogen) atoms. The molecule has 0 atom stereocenters. The SMILES string of the molecule is COc1ccc(C(=O)c2ccccc2)c(Cl)c1OC. The maximum Gasteiger partial charge on any atom is 0.194 e. The zero-order valence-corrected chi connectivity index (χ0v) is 11.4. The van der Waals surface area contributed by atoms with Gasteiger partial charge in [-0.1, -0.05) is 41.9 Å². The molecule has 0 fully saturated rings. The van der Waals surface area contributed by atoms with Crippen molar-refractivity contribution in [1.29, 1.82) is 0 Å². The minimum absolute atomic E-state index is 0.147. The molecule has 0 saturated heterocycles. The molecule has 4 heteroatoms. The number of carbonyl (C=O) groups excluding carboxylic acids is 1. The quantitative estimate of drug-likeness (QED) is 0.801. The Morgan fingerprint density at radius 3 is 2.26 bits per heavy atom. The predicted molar refractivity (Wildman–Crippen MR) is 74.4 cm³/mol. The summed E-state index contributed by atoms with van der Waals surface area (Å²) >= 11 is 6.21. The highest BCUT2D eigenvalue weighted by atomic mass is 35.5. The van der Waals surface area contributed by atoms with E-state index in [1.165, 1.54) is 14.2 Å². The van der Waals surface area contributed by atoms with Crippen LogP contribution in [0.2, 0.25) is 5.02 Å². The standard InChI is InChI=1S/C15H13ClO3/c1-18-12-9-8-11(13(16)15(12)19-2)14(17)10-6-4-3-5-7-10/h3-9H,1-2H3. The first kappa shape index (κ1) is 13.4. The third-order valence-electron chi connectivity index (χ3n) is 2.77. The van der Waals surface area contributed by atoms with Crippen LogP contribution in [0.15, 0.2) is 42.5 Å². The average molecular weight is 277 g/mol. The van der Waals surface area contributed by atoms with Crippen molar-refractivity contribution < 1.29 is 14.3 Å². The molecule has 0 N–H and O–H groups in total. The number of methoxy groups -OCH3 is 2. The molecule has 0 aliphatic heterocycles. The van der Waals surface area contributed by atoms with Crippen molar-refractivity contribution in [3.63, 3.8) is 0 Å². The number of hydrogen-bond acceptors (Lipinski definition) is 3. The Labute approximate surface area is 116 Å². The third kappa shape index (κ3) is 2.56. The van der Waals surface area contributed by atoms with Crippen molar-refractivity contribution in [2.24, 2.45) is 0 Å². The lowest BCUT2D eigenvalue weighted by molar-refractivity contribution is 0.103. The molecule has 0 saturated carbocycles. The molecule has 2 rings (SSSR count). The monoisotopic (exact) mass is 276 g/mol. The van der Waals surface area contributed by atoms with Gasteiger partial charge in [-0.2, -0.15) is 0 Å². The van der Waals surface area contributed by atoms with Gasteiger partial charge in [0.1, 0.15) is 0 Å². The second kappa shape index (κ2) is 5.76. The van der Waals surface area contributed by atoms with Crippen molar-refractivity contribution in [3.8, 4) is 11.5 Å². The Hall–Kier alpha value is -2.00. The van der Waals surface area contributed by atoms with Crippen LogP contribution in [0.25, 0.3) is 0 Å². The van der Waals surface area contributed by atoms with Crippen LogP contribution in [-0.4, -0.2) is 20.0 Å². The molecule has 0 amide bonds. The van der Waals surface area contributed by atoms with Gasteiger partial charge < -0.3 is 9.47 Å². The fraction of sp³-hybridized carbons (Fsp3) is 0.133. The van der Waals surface area contributed by atoms with E-state index in [0.717, 1.165) is 0 Å². The lowest BCUT2D eigenvalue weighted by Gasteiger charge is -2.12. The molecular weight excluding hydrogens is 264 g/mol. The summed E-state index contributed by atoms with van der Waals surface area (Å²) in [6, 6.07) is 12.3. The summed E-state index contributed by atoms with van der Waals surface area (Å²) in [7, 11) is 3.01. The van der Waals surface area contributed by atoms with Crippen molar-refractivity contribution in [1.82, 2.24) is 0 Å². The predicted octanol–water partition coefficient (Wildman–Crippen LogP) is 3.59. The van der Waals surface area contributed by atoms with Crippen molar-refractivity contribution in [3.05, 3.63) is 58.6 Å². The number of carbonyl (C=O) groups is 1. The van der Waals surface area contributed by atoms with Gasteiger partial charge in [-0.25, -0.2) is 0 Å². The summed E-state index contributed by atoms with van der Waals surface area (Å²) in [4.78, 5) is 12.4. The van der Waals surface area contributed by atoms with Gasteiger partial charge in [0.25, 0.3) is 0 Å². The molecule has 3 nitrogen and oxygen atoms in total. The summed E-state index contributed by atoms with van der Waals surface area (Å²) in [5.41, 5.74) is 0.974. The van der Waals surface area contributed by atoms with Crippen LogP contribution in [0.3, 0.4) is 0 Å². The second-order valence-electron chi connectivity index (χ2n) is 3.86. The van der Waals surface area contributed by atoms with E-state index in [0.29, 0.717) is 22.6 Å². The molecule has 0 spiro atoms. The first-order chi connectivity index (χ1) is 9.19. The fourth-order valence-electron chi connectivity index (χ4n) is 1.81. The summed E-state index contributed by atoms with van der Waals surface area (Å²) in [6.45, 7) is 0. The van der Waals surface area contributed by atoms with Crippen LogP contribution in [0.4, 0.5) is 0 Å². The van der Waals surface area contributed by atoms with Crippen LogP contribution in [0.1, 0.15) is 15.9 Å². The van der Waals surface area contributed by atoms with Gasteiger partial charge in [0.15, 0.2) is 17.3 Å². The molecule has 0 aliphatic rings. The molecule has 98 valence electrons. The number of halogens is 1. The Bertz CT molecular complexity index is 594. The van der Waals surface area contributed by atoms with Gasteiger partial charge >= 0.3 is 0 Å². The van der Waals surface area contributed by atoms with Crippen LogP contribution in [-0.2, 0) is 0 Å². The summed E-state index contributed by atoms with van der Waals surface area (Å²) in [5, 5.41) is 0.260. The molecule has 0 radical (unpaired) electrons. The minimum atomic E-state index is -0.147. The molecule has 0 aliphatic carbocycles.